The van der Waals surface area contributed by atoms with Crippen molar-refractivity contribution >= 4 is 48.4 Å². The van der Waals surface area contributed by atoms with E-state index in [1.165, 1.54) is 27.3 Å². The van der Waals surface area contributed by atoms with E-state index in [4.69, 9.17) is 9.88 Å². The van der Waals surface area contributed by atoms with E-state index in [0.717, 1.165) is 5.56 Å². The lowest BCUT2D eigenvalue weighted by atomic mass is 10.1. The van der Waals surface area contributed by atoms with Crippen molar-refractivity contribution in [3.63, 3.8) is 0 Å². The average molecular weight is 491 g/mol. The normalized spacial score (nSPS) is 23.5. The number of hydrogen-bond donors (Lipinski definition) is 4. The number of fused-ring (bicyclic) bond motifs is 2. The van der Waals surface area contributed by atoms with Crippen LogP contribution in [0.5, 0.6) is 0 Å². The van der Waals surface area contributed by atoms with E-state index < -0.39 is 34.6 Å². The van der Waals surface area contributed by atoms with Crippen molar-refractivity contribution in [3.05, 3.63) is 47.9 Å². The number of benzene rings is 1. The molecule has 0 radical (unpaired) electrons. The Hall–Kier alpha value is -2.68. The minimum absolute atomic E-state index is 0.0451. The second-order valence-corrected chi connectivity index (χ2v) is 10.5. The molecule has 11 nitrogen and oxygen atoms in total. The summed E-state index contributed by atoms with van der Waals surface area (Å²) in [5.74, 6) is 0.152. The van der Waals surface area contributed by atoms with Crippen LogP contribution in [0.15, 0.2) is 42.3 Å². The van der Waals surface area contributed by atoms with Gasteiger partial charge in [-0.3, -0.25) is 4.57 Å². The molecule has 13 heteroatoms. The molecule has 33 heavy (non-hydrogen) atoms. The Morgan fingerprint density at radius 2 is 2.00 bits per heavy atom. The molecular weight excluding hydrogens is 468 g/mol. The van der Waals surface area contributed by atoms with Crippen LogP contribution in [-0.2, 0) is 21.3 Å². The highest BCUT2D eigenvalue weighted by Crippen LogP contribution is 2.34. The van der Waals surface area contributed by atoms with Gasteiger partial charge in [0.2, 0.25) is 10.0 Å². The zero-order valence-electron chi connectivity index (χ0n) is 17.3. The van der Waals surface area contributed by atoms with E-state index in [1.54, 1.807) is 11.3 Å². The van der Waals surface area contributed by atoms with E-state index in [9.17, 15) is 18.6 Å². The lowest BCUT2D eigenvalue weighted by molar-refractivity contribution is -0.0353. The van der Waals surface area contributed by atoms with Crippen LogP contribution in [0.2, 0.25) is 0 Å². The fourth-order valence-electron chi connectivity index (χ4n) is 3.99. The largest absolute Gasteiger partial charge is 0.388 e. The quantitative estimate of drug-likeness (QED) is 0.295. The van der Waals surface area contributed by atoms with Crippen molar-refractivity contribution in [2.45, 2.75) is 37.5 Å². The van der Waals surface area contributed by atoms with Crippen LogP contribution in [0.25, 0.3) is 21.3 Å². The second-order valence-electron chi connectivity index (χ2n) is 7.86. The summed E-state index contributed by atoms with van der Waals surface area (Å²) < 4.78 is 31.0. The first-order valence-corrected chi connectivity index (χ1v) is 12.8. The summed E-state index contributed by atoms with van der Waals surface area (Å²) in [5.41, 5.74) is 2.03. The van der Waals surface area contributed by atoms with E-state index in [2.05, 4.69) is 37.8 Å². The fraction of sp³-hybridized carbons (Fsp3) is 0.350. The van der Waals surface area contributed by atoms with Gasteiger partial charge in [-0.1, -0.05) is 18.2 Å². The molecule has 1 saturated heterocycles. The first-order valence-electron chi connectivity index (χ1n) is 10.2. The number of nitrogens with one attached hydrogen (secondary N) is 1. The fourth-order valence-corrected chi connectivity index (χ4v) is 5.52. The smallest absolute Gasteiger partial charge is 0.209 e. The summed E-state index contributed by atoms with van der Waals surface area (Å²) in [6.07, 6.45) is -1.67. The van der Waals surface area contributed by atoms with Gasteiger partial charge in [0.05, 0.1) is 18.2 Å². The van der Waals surface area contributed by atoms with E-state index in [1.807, 2.05) is 12.1 Å². The number of aliphatic hydroxyl groups is 2. The third kappa shape index (κ3) is 4.30. The third-order valence-electron chi connectivity index (χ3n) is 5.66. The van der Waals surface area contributed by atoms with Crippen molar-refractivity contribution < 1.29 is 23.4 Å². The predicted molar refractivity (Wildman–Crippen MR) is 123 cm³/mol. The van der Waals surface area contributed by atoms with Gasteiger partial charge in [0.15, 0.2) is 23.2 Å². The maximum atomic E-state index is 11.3. The van der Waals surface area contributed by atoms with Gasteiger partial charge in [-0.05, 0) is 28.8 Å². The molecular formula is C20H22N6O5S2. The molecule has 174 valence electrons. The van der Waals surface area contributed by atoms with Gasteiger partial charge in [-0.2, -0.15) is 0 Å². The molecule has 1 fully saturated rings. The van der Waals surface area contributed by atoms with E-state index >= 15 is 0 Å². The molecule has 0 spiro atoms. The number of primary sulfonamides is 1. The summed E-state index contributed by atoms with van der Waals surface area (Å²) >= 11 is 1.67. The molecule has 5 rings (SSSR count). The number of imidazole rings is 1. The molecule has 3 aromatic heterocycles. The summed E-state index contributed by atoms with van der Waals surface area (Å²) in [5, 5.41) is 32.5. The monoisotopic (exact) mass is 490 g/mol. The van der Waals surface area contributed by atoms with Gasteiger partial charge in [0, 0.05) is 11.2 Å². The number of hydrogen-bond acceptors (Lipinski definition) is 10. The molecule has 4 heterocycles. The van der Waals surface area contributed by atoms with Crippen molar-refractivity contribution in [1.29, 1.82) is 0 Å². The van der Waals surface area contributed by atoms with Crippen molar-refractivity contribution in [2.75, 3.05) is 11.1 Å². The van der Waals surface area contributed by atoms with E-state index in [0.29, 0.717) is 23.5 Å². The molecule has 4 aromatic rings. The highest BCUT2D eigenvalue weighted by molar-refractivity contribution is 7.89. The molecule has 0 unspecified atom stereocenters. The maximum absolute atomic E-state index is 11.3. The van der Waals surface area contributed by atoms with E-state index in [-0.39, 0.29) is 12.2 Å². The van der Waals surface area contributed by atoms with Crippen LogP contribution in [0.3, 0.4) is 0 Å². The Kier molecular flexibility index (Phi) is 5.76. The topological polar surface area (TPSA) is 165 Å². The standard InChI is InChI=1S/C20H22N6O5S2/c21-33(29,30)6-5-13-16(27)17(28)20(31-13)26-10-25-15-18(23-9-24-19(15)26)22-7-11-8-32-14-4-2-1-3-12(11)14/h1-4,8-10,13,16-17,20,27-28H,5-7H2,(H2,21,29,30)(H,22,23,24)/t13-,16-,17-,20-/m1/s1. The lowest BCUT2D eigenvalue weighted by Gasteiger charge is -2.16. The molecule has 5 N–H and O–H groups in total. The summed E-state index contributed by atoms with van der Waals surface area (Å²) in [7, 11) is -3.72. The van der Waals surface area contributed by atoms with Gasteiger partial charge < -0.3 is 20.3 Å². The highest BCUT2D eigenvalue weighted by atomic mass is 32.2. The Balaban J connectivity index is 1.37. The Labute approximate surface area is 192 Å². The highest BCUT2D eigenvalue weighted by Gasteiger charge is 2.44. The van der Waals surface area contributed by atoms with Gasteiger partial charge in [0.25, 0.3) is 0 Å². The van der Waals surface area contributed by atoms with Crippen LogP contribution in [0.1, 0.15) is 18.2 Å². The van der Waals surface area contributed by atoms with Crippen molar-refractivity contribution in [2.24, 2.45) is 5.14 Å². The first-order chi connectivity index (χ1) is 15.8. The van der Waals surface area contributed by atoms with Gasteiger partial charge >= 0.3 is 0 Å². The molecule has 0 bridgehead atoms. The number of aromatic nitrogens is 4. The molecule has 1 aromatic carbocycles. The number of rotatable bonds is 7. The second kappa shape index (κ2) is 8.59. The van der Waals surface area contributed by atoms with Crippen molar-refractivity contribution in [3.8, 4) is 0 Å². The minimum Gasteiger partial charge on any atom is -0.388 e. The van der Waals surface area contributed by atoms with Gasteiger partial charge in [-0.25, -0.2) is 28.5 Å². The van der Waals surface area contributed by atoms with Gasteiger partial charge in [-0.15, -0.1) is 11.3 Å². The Morgan fingerprint density at radius 1 is 1.18 bits per heavy atom. The summed E-state index contributed by atoms with van der Waals surface area (Å²) in [6.45, 7) is 0.542. The maximum Gasteiger partial charge on any atom is 0.209 e. The van der Waals surface area contributed by atoms with Crippen LogP contribution < -0.4 is 10.5 Å². The Bertz CT molecular complexity index is 1400. The zero-order chi connectivity index (χ0) is 23.2. The number of anilines is 1. The van der Waals surface area contributed by atoms with Crippen LogP contribution >= 0.6 is 11.3 Å². The number of thiophene rings is 1. The average Bonchev–Trinajstić information content (AvgIpc) is 3.47. The number of ether oxygens (including phenoxy) is 1. The lowest BCUT2D eigenvalue weighted by Crippen LogP contribution is -2.33. The SMILES string of the molecule is NS(=O)(=O)CC[C@H]1O[C@@H](n2cnc3c(NCc4csc5ccccc45)ncnc32)[C@H](O)[C@@H]1O. The Morgan fingerprint density at radius 3 is 2.82 bits per heavy atom. The summed E-state index contributed by atoms with van der Waals surface area (Å²) in [4.78, 5) is 13.0. The number of aliphatic hydroxyl groups excluding tert-OH is 2. The zero-order valence-corrected chi connectivity index (χ0v) is 18.9. The number of nitrogens with two attached hydrogens (primary N) is 1. The molecule has 0 amide bonds. The number of nitrogens with zero attached hydrogens (tertiary/aromatic N) is 4. The molecule has 1 aliphatic heterocycles. The summed E-state index contributed by atoms with van der Waals surface area (Å²) in [6, 6.07) is 8.16. The van der Waals surface area contributed by atoms with Crippen LogP contribution in [-0.4, -0.2) is 62.2 Å². The molecule has 1 aliphatic rings. The first kappa shape index (κ1) is 22.1. The van der Waals surface area contributed by atoms with Crippen LogP contribution in [0, 0.1) is 0 Å². The predicted octanol–water partition coefficient (Wildman–Crippen LogP) is 0.951. The number of sulfonamides is 1. The molecule has 4 atom stereocenters. The van der Waals surface area contributed by atoms with Crippen LogP contribution in [0.4, 0.5) is 5.82 Å². The molecule has 0 saturated carbocycles. The van der Waals surface area contributed by atoms with Gasteiger partial charge in [0.1, 0.15) is 18.5 Å². The molecule has 0 aliphatic carbocycles. The third-order valence-corrected chi connectivity index (χ3v) is 7.48. The van der Waals surface area contributed by atoms with Crippen molar-refractivity contribution in [1.82, 2.24) is 19.5 Å². The minimum atomic E-state index is -3.72.